The van der Waals surface area contributed by atoms with Gasteiger partial charge in [-0.3, -0.25) is 4.90 Å². The second kappa shape index (κ2) is 5.19. The number of ether oxygens (including phenoxy) is 2. The third-order valence-electron chi connectivity index (χ3n) is 3.57. The van der Waals surface area contributed by atoms with E-state index in [1.54, 1.807) is 0 Å². The van der Waals surface area contributed by atoms with E-state index in [1.165, 1.54) is 5.56 Å². The zero-order valence-corrected chi connectivity index (χ0v) is 10.9. The van der Waals surface area contributed by atoms with Gasteiger partial charge in [0, 0.05) is 37.8 Å². The van der Waals surface area contributed by atoms with E-state index in [2.05, 4.69) is 11.0 Å². The van der Waals surface area contributed by atoms with E-state index >= 15 is 0 Å². The molecule has 0 amide bonds. The Bertz CT molecular complexity index is 490. The van der Waals surface area contributed by atoms with Gasteiger partial charge in [-0.2, -0.15) is 0 Å². The lowest BCUT2D eigenvalue weighted by Crippen LogP contribution is -2.47. The summed E-state index contributed by atoms with van der Waals surface area (Å²) < 4.78 is 10.7. The molecule has 19 heavy (non-hydrogen) atoms. The van der Waals surface area contributed by atoms with E-state index in [1.807, 2.05) is 12.1 Å². The Morgan fingerprint density at radius 1 is 1.32 bits per heavy atom. The number of fused-ring (bicyclic) bond motifs is 1. The van der Waals surface area contributed by atoms with Gasteiger partial charge in [0.1, 0.15) is 0 Å². The van der Waals surface area contributed by atoms with Crippen LogP contribution in [0.1, 0.15) is 12.0 Å². The second-order valence-electron chi connectivity index (χ2n) is 5.24. The molecule has 0 radical (unpaired) electrons. The van der Waals surface area contributed by atoms with Crippen molar-refractivity contribution in [2.45, 2.75) is 18.9 Å². The van der Waals surface area contributed by atoms with Crippen LogP contribution >= 0.6 is 0 Å². The zero-order chi connectivity index (χ0) is 13.2. The molecule has 1 atom stereocenters. The molecule has 3 N–H and O–H groups in total. The summed E-state index contributed by atoms with van der Waals surface area (Å²) in [6.45, 7) is 2.87. The summed E-state index contributed by atoms with van der Waals surface area (Å²) in [5, 5.41) is 7.77. The van der Waals surface area contributed by atoms with Crippen LogP contribution in [0, 0.1) is 5.41 Å². The fourth-order valence-electron chi connectivity index (χ4n) is 2.67. The Balaban J connectivity index is 1.58. The van der Waals surface area contributed by atoms with Gasteiger partial charge in [-0.15, -0.1) is 0 Å². The molecule has 5 heteroatoms. The third-order valence-corrected chi connectivity index (χ3v) is 3.57. The average Bonchev–Trinajstić information content (AvgIpc) is 2.82. The highest BCUT2D eigenvalue weighted by Gasteiger charge is 2.20. The standard InChI is InChI=1S/C14H19N3O2/c15-11-6-12(16)8-17(7-11)4-3-10-1-2-13-14(5-10)19-9-18-13/h1-2,5,11,16H,3-4,6-9,15H2/t11-/m1/s1. The largest absolute Gasteiger partial charge is 0.454 e. The van der Waals surface area contributed by atoms with Gasteiger partial charge >= 0.3 is 0 Å². The highest BCUT2D eigenvalue weighted by Crippen LogP contribution is 2.32. The van der Waals surface area contributed by atoms with E-state index in [-0.39, 0.29) is 6.04 Å². The highest BCUT2D eigenvalue weighted by atomic mass is 16.7. The first-order valence-electron chi connectivity index (χ1n) is 6.63. The SMILES string of the molecule is N=C1C[C@@H](N)CN(CCc2ccc3c(c2)OCO3)C1. The maximum atomic E-state index is 7.77. The van der Waals surface area contributed by atoms with Crippen molar-refractivity contribution >= 4 is 5.71 Å². The maximum absolute atomic E-state index is 7.77. The lowest BCUT2D eigenvalue weighted by molar-refractivity contribution is 0.174. The van der Waals surface area contributed by atoms with Crippen LogP contribution in [0.3, 0.4) is 0 Å². The van der Waals surface area contributed by atoms with Crippen molar-refractivity contribution in [3.05, 3.63) is 23.8 Å². The van der Waals surface area contributed by atoms with Gasteiger partial charge < -0.3 is 20.6 Å². The fourth-order valence-corrected chi connectivity index (χ4v) is 2.67. The van der Waals surface area contributed by atoms with Crippen molar-refractivity contribution in [3.8, 4) is 11.5 Å². The van der Waals surface area contributed by atoms with Gasteiger partial charge in [0.05, 0.1) is 0 Å². The van der Waals surface area contributed by atoms with Gasteiger partial charge in [0.25, 0.3) is 0 Å². The Morgan fingerprint density at radius 3 is 3.00 bits per heavy atom. The number of rotatable bonds is 3. The summed E-state index contributed by atoms with van der Waals surface area (Å²) in [6, 6.07) is 6.18. The molecule has 5 nitrogen and oxygen atoms in total. The third kappa shape index (κ3) is 2.88. The quantitative estimate of drug-likeness (QED) is 0.852. The van der Waals surface area contributed by atoms with Crippen LogP contribution < -0.4 is 15.2 Å². The fraction of sp³-hybridized carbons (Fsp3) is 0.500. The summed E-state index contributed by atoms with van der Waals surface area (Å²) >= 11 is 0. The van der Waals surface area contributed by atoms with Crippen LogP contribution in [-0.2, 0) is 6.42 Å². The predicted octanol–water partition coefficient (Wildman–Crippen LogP) is 1.01. The van der Waals surface area contributed by atoms with Gasteiger partial charge in [0.15, 0.2) is 11.5 Å². The lowest BCUT2D eigenvalue weighted by atomic mass is 10.0. The number of nitrogens with one attached hydrogen (secondary N) is 1. The average molecular weight is 261 g/mol. The van der Waals surface area contributed by atoms with Crippen molar-refractivity contribution in [3.63, 3.8) is 0 Å². The molecular formula is C14H19N3O2. The highest BCUT2D eigenvalue weighted by molar-refractivity contribution is 5.84. The van der Waals surface area contributed by atoms with Crippen LogP contribution in [0.2, 0.25) is 0 Å². The van der Waals surface area contributed by atoms with Crippen molar-refractivity contribution in [2.75, 3.05) is 26.4 Å². The normalized spacial score (nSPS) is 22.8. The van der Waals surface area contributed by atoms with Crippen LogP contribution in [0.15, 0.2) is 18.2 Å². The lowest BCUT2D eigenvalue weighted by Gasteiger charge is -2.31. The molecule has 3 rings (SSSR count). The summed E-state index contributed by atoms with van der Waals surface area (Å²) in [6.07, 6.45) is 1.68. The van der Waals surface area contributed by atoms with Crippen molar-refractivity contribution in [1.29, 1.82) is 5.41 Å². The van der Waals surface area contributed by atoms with Crippen molar-refractivity contribution < 1.29 is 9.47 Å². The Labute approximate surface area is 112 Å². The molecule has 1 fully saturated rings. The molecule has 2 aliphatic heterocycles. The molecule has 1 aromatic rings. The molecule has 0 aromatic heterocycles. The topological polar surface area (TPSA) is 71.6 Å². The van der Waals surface area contributed by atoms with Gasteiger partial charge in [0.2, 0.25) is 6.79 Å². The number of benzene rings is 1. The monoisotopic (exact) mass is 261 g/mol. The number of hydrogen-bond donors (Lipinski definition) is 2. The molecule has 0 saturated carbocycles. The first-order valence-corrected chi connectivity index (χ1v) is 6.63. The molecule has 0 unspecified atom stereocenters. The van der Waals surface area contributed by atoms with E-state index in [0.29, 0.717) is 6.79 Å². The van der Waals surface area contributed by atoms with Gasteiger partial charge in [-0.05, 0) is 24.1 Å². The smallest absolute Gasteiger partial charge is 0.231 e. The number of nitrogens with zero attached hydrogens (tertiary/aromatic N) is 1. The van der Waals surface area contributed by atoms with Crippen LogP contribution in [-0.4, -0.2) is 43.1 Å². The zero-order valence-electron chi connectivity index (χ0n) is 10.9. The molecule has 1 saturated heterocycles. The minimum atomic E-state index is 0.109. The molecule has 0 bridgehead atoms. The Kier molecular flexibility index (Phi) is 3.40. The van der Waals surface area contributed by atoms with Crippen LogP contribution in [0.4, 0.5) is 0 Å². The van der Waals surface area contributed by atoms with E-state index in [0.717, 1.165) is 49.7 Å². The minimum absolute atomic E-state index is 0.109. The minimum Gasteiger partial charge on any atom is -0.454 e. The molecule has 2 aliphatic rings. The number of piperidine rings is 1. The van der Waals surface area contributed by atoms with Crippen LogP contribution in [0.5, 0.6) is 11.5 Å². The molecule has 2 heterocycles. The van der Waals surface area contributed by atoms with Gasteiger partial charge in [-0.25, -0.2) is 0 Å². The van der Waals surface area contributed by atoms with E-state index in [4.69, 9.17) is 20.6 Å². The van der Waals surface area contributed by atoms with Crippen LogP contribution in [0.25, 0.3) is 0 Å². The summed E-state index contributed by atoms with van der Waals surface area (Å²) in [5.41, 5.74) is 7.91. The maximum Gasteiger partial charge on any atom is 0.231 e. The first-order chi connectivity index (χ1) is 9.20. The second-order valence-corrected chi connectivity index (χ2v) is 5.24. The number of nitrogens with two attached hydrogens (primary N) is 1. The summed E-state index contributed by atoms with van der Waals surface area (Å²) in [4.78, 5) is 2.25. The molecule has 0 aliphatic carbocycles. The van der Waals surface area contributed by atoms with E-state index < -0.39 is 0 Å². The summed E-state index contributed by atoms with van der Waals surface area (Å²) in [5.74, 6) is 1.66. The molecule has 0 spiro atoms. The van der Waals surface area contributed by atoms with Crippen molar-refractivity contribution in [1.82, 2.24) is 4.90 Å². The van der Waals surface area contributed by atoms with Crippen molar-refractivity contribution in [2.24, 2.45) is 5.73 Å². The first kappa shape index (κ1) is 12.4. The molecular weight excluding hydrogens is 242 g/mol. The summed E-state index contributed by atoms with van der Waals surface area (Å²) in [7, 11) is 0. The Morgan fingerprint density at radius 2 is 2.16 bits per heavy atom. The Hall–Kier alpha value is -1.59. The molecule has 1 aromatic carbocycles. The van der Waals surface area contributed by atoms with E-state index in [9.17, 15) is 0 Å². The van der Waals surface area contributed by atoms with Gasteiger partial charge in [-0.1, -0.05) is 6.07 Å². The predicted molar refractivity (Wildman–Crippen MR) is 73.0 cm³/mol. The molecule has 102 valence electrons. The number of likely N-dealkylation sites (tertiary alicyclic amines) is 1. The number of hydrogen-bond acceptors (Lipinski definition) is 5.